The highest BCUT2D eigenvalue weighted by molar-refractivity contribution is 9.09. The Morgan fingerprint density at radius 2 is 2.24 bits per heavy atom. The molecular weight excluding hydrogens is 334 g/mol. The lowest BCUT2D eigenvalue weighted by molar-refractivity contribution is 0.0605. The Hall–Kier alpha value is -1.66. The third kappa shape index (κ3) is 2.18. The van der Waals surface area contributed by atoms with Gasteiger partial charge < -0.3 is 14.7 Å². The first-order chi connectivity index (χ1) is 10.2. The molecule has 2 aromatic heterocycles. The fourth-order valence-corrected chi connectivity index (χ4v) is 3.76. The Morgan fingerprint density at radius 3 is 3.10 bits per heavy atom. The Kier molecular flexibility index (Phi) is 3.08. The Balaban J connectivity index is 1.91. The van der Waals surface area contributed by atoms with Crippen molar-refractivity contribution in [1.29, 1.82) is 0 Å². The second-order valence-electron chi connectivity index (χ2n) is 5.37. The molecule has 0 spiro atoms. The first-order valence-corrected chi connectivity index (χ1v) is 7.90. The van der Waals surface area contributed by atoms with Crippen LogP contribution < -0.4 is 5.69 Å². The van der Waals surface area contributed by atoms with E-state index < -0.39 is 0 Å². The molecule has 3 aromatic rings. The second-order valence-corrected chi connectivity index (χ2v) is 6.28. The van der Waals surface area contributed by atoms with Crippen molar-refractivity contribution < 1.29 is 4.74 Å². The lowest BCUT2D eigenvalue weighted by Gasteiger charge is -2.28. The molecule has 108 valence electrons. The van der Waals surface area contributed by atoms with Crippen molar-refractivity contribution in [2.75, 3.05) is 6.61 Å². The molecule has 0 amide bonds. The number of hydrogen-bond donors (Lipinski definition) is 2. The van der Waals surface area contributed by atoms with Crippen LogP contribution in [0.2, 0.25) is 0 Å². The zero-order chi connectivity index (χ0) is 14.4. The van der Waals surface area contributed by atoms with Crippen LogP contribution in [0.25, 0.3) is 21.9 Å². The van der Waals surface area contributed by atoms with Crippen LogP contribution in [0, 0.1) is 0 Å². The van der Waals surface area contributed by atoms with Crippen LogP contribution in [0.3, 0.4) is 0 Å². The molecule has 1 fully saturated rings. The van der Waals surface area contributed by atoms with Gasteiger partial charge in [0.15, 0.2) is 0 Å². The molecule has 1 aliphatic rings. The molecule has 0 radical (unpaired) electrons. The summed E-state index contributed by atoms with van der Waals surface area (Å²) in [7, 11) is 0. The third-order valence-corrected chi connectivity index (χ3v) is 4.96. The standard InChI is InChI=1S/C15H14BrN3O2/c16-14-9(2-1-5-21-14)8-3-4-11-10(6-8)13-12(7-17-11)18-15(20)19-13/h3-4,6-7,9,14H,1-2,5H2,(H2,18,19,20)/t9-,14?/m0/s1. The maximum atomic E-state index is 11.5. The average molecular weight is 348 g/mol. The summed E-state index contributed by atoms with van der Waals surface area (Å²) in [4.78, 5) is 21.5. The van der Waals surface area contributed by atoms with E-state index >= 15 is 0 Å². The zero-order valence-electron chi connectivity index (χ0n) is 11.2. The van der Waals surface area contributed by atoms with Gasteiger partial charge in [0.2, 0.25) is 0 Å². The first kappa shape index (κ1) is 13.0. The van der Waals surface area contributed by atoms with E-state index in [1.54, 1.807) is 6.20 Å². The second kappa shape index (κ2) is 4.96. The summed E-state index contributed by atoms with van der Waals surface area (Å²) < 4.78 is 5.69. The van der Waals surface area contributed by atoms with Gasteiger partial charge in [-0.25, -0.2) is 4.79 Å². The smallest absolute Gasteiger partial charge is 0.323 e. The molecule has 6 heteroatoms. The Bertz CT molecular complexity index is 870. The van der Waals surface area contributed by atoms with Crippen molar-refractivity contribution in [1.82, 2.24) is 15.0 Å². The van der Waals surface area contributed by atoms with Gasteiger partial charge in [0.1, 0.15) is 5.01 Å². The maximum Gasteiger partial charge on any atom is 0.323 e. The minimum absolute atomic E-state index is 0.0427. The van der Waals surface area contributed by atoms with E-state index in [4.69, 9.17) is 4.74 Å². The van der Waals surface area contributed by atoms with E-state index in [-0.39, 0.29) is 10.7 Å². The van der Waals surface area contributed by atoms with Gasteiger partial charge in [0.25, 0.3) is 0 Å². The fourth-order valence-electron chi connectivity index (χ4n) is 3.00. The van der Waals surface area contributed by atoms with Crippen LogP contribution in [0.1, 0.15) is 24.3 Å². The fraction of sp³-hybridized carbons (Fsp3) is 0.333. The Morgan fingerprint density at radius 1 is 1.33 bits per heavy atom. The number of fused-ring (bicyclic) bond motifs is 3. The number of imidazole rings is 1. The molecule has 0 aliphatic carbocycles. The number of aromatic amines is 2. The van der Waals surface area contributed by atoms with Gasteiger partial charge in [-0.1, -0.05) is 22.0 Å². The summed E-state index contributed by atoms with van der Waals surface area (Å²) in [5.74, 6) is 0.323. The van der Waals surface area contributed by atoms with Crippen LogP contribution in [-0.4, -0.2) is 26.6 Å². The predicted molar refractivity (Wildman–Crippen MR) is 84.9 cm³/mol. The molecule has 1 saturated heterocycles. The summed E-state index contributed by atoms with van der Waals surface area (Å²) in [6.45, 7) is 0.803. The number of hydrogen-bond acceptors (Lipinski definition) is 3. The van der Waals surface area contributed by atoms with E-state index in [0.717, 1.165) is 41.4 Å². The lowest BCUT2D eigenvalue weighted by Crippen LogP contribution is -2.22. The minimum Gasteiger partial charge on any atom is -0.366 e. The van der Waals surface area contributed by atoms with Crippen molar-refractivity contribution in [3.05, 3.63) is 40.4 Å². The molecule has 1 aromatic carbocycles. The summed E-state index contributed by atoms with van der Waals surface area (Å²) in [6, 6.07) is 6.21. The molecule has 1 aliphatic heterocycles. The van der Waals surface area contributed by atoms with Gasteiger partial charge in [-0.2, -0.15) is 0 Å². The zero-order valence-corrected chi connectivity index (χ0v) is 12.8. The van der Waals surface area contributed by atoms with Crippen LogP contribution >= 0.6 is 15.9 Å². The molecule has 5 nitrogen and oxygen atoms in total. The van der Waals surface area contributed by atoms with E-state index in [0.29, 0.717) is 5.92 Å². The molecule has 0 saturated carbocycles. The molecule has 21 heavy (non-hydrogen) atoms. The molecule has 3 heterocycles. The van der Waals surface area contributed by atoms with Gasteiger partial charge in [-0.15, -0.1) is 0 Å². The third-order valence-electron chi connectivity index (χ3n) is 4.06. The maximum absolute atomic E-state index is 11.5. The number of nitrogens with one attached hydrogen (secondary N) is 2. The highest BCUT2D eigenvalue weighted by atomic mass is 79.9. The Labute approximate surface area is 128 Å². The largest absolute Gasteiger partial charge is 0.366 e. The van der Waals surface area contributed by atoms with Crippen molar-refractivity contribution >= 4 is 37.9 Å². The van der Waals surface area contributed by atoms with Crippen molar-refractivity contribution in [3.8, 4) is 0 Å². The van der Waals surface area contributed by atoms with Crippen molar-refractivity contribution in [2.45, 2.75) is 23.8 Å². The first-order valence-electron chi connectivity index (χ1n) is 6.99. The van der Waals surface area contributed by atoms with Crippen LogP contribution in [0.15, 0.2) is 29.2 Å². The number of ether oxygens (including phenoxy) is 1. The monoisotopic (exact) mass is 347 g/mol. The van der Waals surface area contributed by atoms with Gasteiger partial charge in [0.05, 0.1) is 22.7 Å². The average Bonchev–Trinajstić information content (AvgIpc) is 2.88. The summed E-state index contributed by atoms with van der Waals surface area (Å²) in [5.41, 5.74) is 3.43. The number of rotatable bonds is 1. The normalized spacial score (nSPS) is 22.9. The summed E-state index contributed by atoms with van der Waals surface area (Å²) in [5, 5.41) is 1.01. The van der Waals surface area contributed by atoms with Gasteiger partial charge in [0, 0.05) is 17.9 Å². The van der Waals surface area contributed by atoms with Crippen molar-refractivity contribution in [2.24, 2.45) is 0 Å². The number of H-pyrrole nitrogens is 2. The number of benzene rings is 1. The highest BCUT2D eigenvalue weighted by Gasteiger charge is 2.25. The van der Waals surface area contributed by atoms with Gasteiger partial charge in [-0.05, 0) is 30.5 Å². The molecule has 0 bridgehead atoms. The van der Waals surface area contributed by atoms with Crippen LogP contribution in [-0.2, 0) is 4.74 Å². The van der Waals surface area contributed by atoms with Gasteiger partial charge in [-0.3, -0.25) is 4.98 Å². The summed E-state index contributed by atoms with van der Waals surface area (Å²) in [6.07, 6.45) is 3.84. The predicted octanol–water partition coefficient (Wildman–Crippen LogP) is 3.02. The van der Waals surface area contributed by atoms with E-state index in [1.807, 2.05) is 6.07 Å². The lowest BCUT2D eigenvalue weighted by atomic mass is 9.92. The highest BCUT2D eigenvalue weighted by Crippen LogP contribution is 2.35. The number of aromatic nitrogens is 3. The number of halogens is 1. The number of nitrogens with zero attached hydrogens (tertiary/aromatic N) is 1. The molecule has 1 unspecified atom stereocenters. The number of alkyl halides is 1. The van der Waals surface area contributed by atoms with E-state index in [9.17, 15) is 4.79 Å². The minimum atomic E-state index is -0.205. The van der Waals surface area contributed by atoms with E-state index in [1.165, 1.54) is 5.56 Å². The summed E-state index contributed by atoms with van der Waals surface area (Å²) >= 11 is 3.61. The van der Waals surface area contributed by atoms with Crippen LogP contribution in [0.5, 0.6) is 0 Å². The topological polar surface area (TPSA) is 70.8 Å². The van der Waals surface area contributed by atoms with Crippen molar-refractivity contribution in [3.63, 3.8) is 0 Å². The molecule has 2 atom stereocenters. The molecule has 4 rings (SSSR count). The SMILES string of the molecule is O=c1[nH]c2cnc3ccc([C@@H]4CCCOC4Br)cc3c2[nH]1. The molecule has 2 N–H and O–H groups in total. The van der Waals surface area contributed by atoms with Gasteiger partial charge >= 0.3 is 5.69 Å². The van der Waals surface area contributed by atoms with Crippen LogP contribution in [0.4, 0.5) is 0 Å². The van der Waals surface area contributed by atoms with E-state index in [2.05, 4.69) is 43.0 Å². The quantitative estimate of drug-likeness (QED) is 0.664. The number of pyridine rings is 1. The molecular formula is C15H14BrN3O2.